The molecule has 0 spiro atoms. The molecule has 3 heterocycles. The molecular formula is C28H31N5O3. The van der Waals surface area contributed by atoms with Crippen molar-refractivity contribution < 1.29 is 14.1 Å². The van der Waals surface area contributed by atoms with Crippen LogP contribution in [0.2, 0.25) is 0 Å². The van der Waals surface area contributed by atoms with Crippen LogP contribution >= 0.6 is 0 Å². The van der Waals surface area contributed by atoms with Crippen molar-refractivity contribution in [2.45, 2.75) is 39.8 Å². The van der Waals surface area contributed by atoms with Gasteiger partial charge in [0.15, 0.2) is 0 Å². The number of carbonyl (C=O) groups excluding carboxylic acids is 2. The SMILES string of the molecule is CC(=O)N1CCC(C(=O)N(Cc2c(-c3ccccc3)noc2C)Cc2nc3ccccc3n2C)CC1. The number of rotatable bonds is 6. The van der Waals surface area contributed by atoms with E-state index in [1.807, 2.05) is 82.9 Å². The number of benzene rings is 2. The highest BCUT2D eigenvalue weighted by Crippen LogP contribution is 2.29. The number of likely N-dealkylation sites (tertiary alicyclic amines) is 1. The van der Waals surface area contributed by atoms with E-state index in [1.165, 1.54) is 0 Å². The summed E-state index contributed by atoms with van der Waals surface area (Å²) >= 11 is 0. The number of hydrogen-bond donors (Lipinski definition) is 0. The molecular weight excluding hydrogens is 454 g/mol. The van der Waals surface area contributed by atoms with Crippen LogP contribution in [0.3, 0.4) is 0 Å². The van der Waals surface area contributed by atoms with E-state index < -0.39 is 0 Å². The van der Waals surface area contributed by atoms with Crippen LogP contribution in [0.5, 0.6) is 0 Å². The van der Waals surface area contributed by atoms with Gasteiger partial charge in [-0.2, -0.15) is 0 Å². The zero-order valence-electron chi connectivity index (χ0n) is 21.0. The molecule has 8 nitrogen and oxygen atoms in total. The first-order valence-corrected chi connectivity index (χ1v) is 12.4. The van der Waals surface area contributed by atoms with Crippen molar-refractivity contribution in [2.24, 2.45) is 13.0 Å². The number of piperidine rings is 1. The predicted octanol–water partition coefficient (Wildman–Crippen LogP) is 4.32. The summed E-state index contributed by atoms with van der Waals surface area (Å²) in [6.45, 7) is 5.42. The number of imidazole rings is 1. The molecule has 0 aliphatic carbocycles. The third-order valence-electron chi connectivity index (χ3n) is 7.19. The predicted molar refractivity (Wildman–Crippen MR) is 137 cm³/mol. The van der Waals surface area contributed by atoms with E-state index in [-0.39, 0.29) is 17.7 Å². The minimum Gasteiger partial charge on any atom is -0.361 e. The Labute approximate surface area is 210 Å². The van der Waals surface area contributed by atoms with E-state index in [0.717, 1.165) is 33.7 Å². The van der Waals surface area contributed by atoms with Crippen LogP contribution in [0, 0.1) is 12.8 Å². The van der Waals surface area contributed by atoms with Gasteiger partial charge in [0.1, 0.15) is 17.3 Å². The maximum atomic E-state index is 13.9. The molecule has 1 aliphatic rings. The van der Waals surface area contributed by atoms with Crippen molar-refractivity contribution in [2.75, 3.05) is 13.1 Å². The van der Waals surface area contributed by atoms with E-state index in [9.17, 15) is 9.59 Å². The molecule has 4 aromatic rings. The molecule has 0 atom stereocenters. The molecule has 0 radical (unpaired) electrons. The van der Waals surface area contributed by atoms with Crippen molar-refractivity contribution in [1.82, 2.24) is 24.5 Å². The average molecular weight is 486 g/mol. The van der Waals surface area contributed by atoms with Crippen LogP contribution in [0.1, 0.15) is 36.9 Å². The lowest BCUT2D eigenvalue weighted by Gasteiger charge is -2.33. The van der Waals surface area contributed by atoms with Gasteiger partial charge in [0.2, 0.25) is 11.8 Å². The highest BCUT2D eigenvalue weighted by Gasteiger charge is 2.31. The van der Waals surface area contributed by atoms with E-state index in [0.29, 0.717) is 44.8 Å². The van der Waals surface area contributed by atoms with E-state index in [2.05, 4.69) is 5.16 Å². The number of aromatic nitrogens is 3. The summed E-state index contributed by atoms with van der Waals surface area (Å²) < 4.78 is 7.63. The standard InChI is InChI=1S/C28H31N5O3/c1-19-23(27(30-36-19)21-9-5-4-6-10-21)17-33(28(35)22-13-15-32(16-14-22)20(2)34)18-26-29-24-11-7-8-12-25(24)31(26)3/h4-12,22H,13-18H2,1-3H3. The topological polar surface area (TPSA) is 84.5 Å². The van der Waals surface area contributed by atoms with Crippen LogP contribution in [0.25, 0.3) is 22.3 Å². The van der Waals surface area contributed by atoms with Crippen LogP contribution in [0.4, 0.5) is 0 Å². The molecule has 0 saturated carbocycles. The van der Waals surface area contributed by atoms with Gasteiger partial charge in [-0.1, -0.05) is 47.6 Å². The summed E-state index contributed by atoms with van der Waals surface area (Å²) in [4.78, 5) is 34.2. The second-order valence-corrected chi connectivity index (χ2v) is 9.48. The lowest BCUT2D eigenvalue weighted by atomic mass is 9.94. The molecule has 0 bridgehead atoms. The van der Waals surface area contributed by atoms with Crippen molar-refractivity contribution >= 4 is 22.8 Å². The number of carbonyl (C=O) groups is 2. The molecule has 5 rings (SSSR count). The van der Waals surface area contributed by atoms with Gasteiger partial charge in [-0.25, -0.2) is 4.98 Å². The Balaban J connectivity index is 1.47. The first-order chi connectivity index (χ1) is 17.4. The van der Waals surface area contributed by atoms with Gasteiger partial charge >= 0.3 is 0 Å². The van der Waals surface area contributed by atoms with E-state index >= 15 is 0 Å². The number of para-hydroxylation sites is 2. The first-order valence-electron chi connectivity index (χ1n) is 12.4. The van der Waals surface area contributed by atoms with E-state index in [4.69, 9.17) is 9.51 Å². The second kappa shape index (κ2) is 9.97. The van der Waals surface area contributed by atoms with Gasteiger partial charge in [-0.3, -0.25) is 9.59 Å². The van der Waals surface area contributed by atoms with Gasteiger partial charge in [-0.15, -0.1) is 0 Å². The minimum absolute atomic E-state index is 0.0602. The fourth-order valence-electron chi connectivity index (χ4n) is 5.01. The Morgan fingerprint density at radius 2 is 1.72 bits per heavy atom. The second-order valence-electron chi connectivity index (χ2n) is 9.48. The van der Waals surface area contributed by atoms with Gasteiger partial charge in [0, 0.05) is 44.1 Å². The molecule has 2 aromatic carbocycles. The Morgan fingerprint density at radius 3 is 2.42 bits per heavy atom. The van der Waals surface area contributed by atoms with E-state index in [1.54, 1.807) is 6.92 Å². The fourth-order valence-corrected chi connectivity index (χ4v) is 5.01. The number of hydrogen-bond acceptors (Lipinski definition) is 5. The third-order valence-corrected chi connectivity index (χ3v) is 7.19. The molecule has 2 amide bonds. The molecule has 8 heteroatoms. The summed E-state index contributed by atoms with van der Waals surface area (Å²) in [5, 5.41) is 4.32. The molecule has 186 valence electrons. The smallest absolute Gasteiger partial charge is 0.226 e. The summed E-state index contributed by atoms with van der Waals surface area (Å²) in [7, 11) is 1.98. The first kappa shape index (κ1) is 23.8. The zero-order chi connectivity index (χ0) is 25.2. The Morgan fingerprint density at radius 1 is 1.03 bits per heavy atom. The number of nitrogens with zero attached hydrogens (tertiary/aromatic N) is 5. The quantitative estimate of drug-likeness (QED) is 0.406. The number of aryl methyl sites for hydroxylation is 2. The van der Waals surface area contributed by atoms with Crippen LogP contribution in [-0.4, -0.2) is 49.4 Å². The Kier molecular flexibility index (Phi) is 6.59. The average Bonchev–Trinajstić information content (AvgIpc) is 3.43. The van der Waals surface area contributed by atoms with Crippen molar-refractivity contribution in [3.8, 4) is 11.3 Å². The van der Waals surface area contributed by atoms with Gasteiger partial charge < -0.3 is 18.9 Å². The normalized spacial score (nSPS) is 14.4. The van der Waals surface area contributed by atoms with Crippen molar-refractivity contribution in [1.29, 1.82) is 0 Å². The Bertz CT molecular complexity index is 1380. The highest BCUT2D eigenvalue weighted by molar-refractivity contribution is 5.80. The molecule has 2 aromatic heterocycles. The summed E-state index contributed by atoms with van der Waals surface area (Å²) in [6.07, 6.45) is 1.32. The van der Waals surface area contributed by atoms with Gasteiger partial charge in [-0.05, 0) is 31.9 Å². The molecule has 1 fully saturated rings. The van der Waals surface area contributed by atoms with Crippen molar-refractivity contribution in [3.63, 3.8) is 0 Å². The van der Waals surface area contributed by atoms with Gasteiger partial charge in [0.05, 0.1) is 24.1 Å². The maximum Gasteiger partial charge on any atom is 0.226 e. The third kappa shape index (κ3) is 4.63. The lowest BCUT2D eigenvalue weighted by molar-refractivity contribution is -0.141. The maximum absolute atomic E-state index is 13.9. The molecule has 1 aliphatic heterocycles. The number of fused-ring (bicyclic) bond motifs is 1. The number of amides is 2. The van der Waals surface area contributed by atoms with Gasteiger partial charge in [0.25, 0.3) is 0 Å². The Hall–Kier alpha value is -3.94. The summed E-state index contributed by atoms with van der Waals surface area (Å²) in [5.41, 5.74) is 4.54. The summed E-state index contributed by atoms with van der Waals surface area (Å²) in [6, 6.07) is 17.9. The molecule has 0 N–H and O–H groups in total. The molecule has 1 saturated heterocycles. The largest absolute Gasteiger partial charge is 0.361 e. The molecule has 36 heavy (non-hydrogen) atoms. The fraction of sp³-hybridized carbons (Fsp3) is 0.357. The van der Waals surface area contributed by atoms with Crippen LogP contribution in [-0.2, 0) is 29.7 Å². The monoisotopic (exact) mass is 485 g/mol. The lowest BCUT2D eigenvalue weighted by Crippen LogP contribution is -2.43. The minimum atomic E-state index is -0.143. The summed E-state index contributed by atoms with van der Waals surface area (Å²) in [5.74, 6) is 1.51. The molecule has 0 unspecified atom stereocenters. The zero-order valence-corrected chi connectivity index (χ0v) is 21.0. The van der Waals surface area contributed by atoms with Crippen LogP contribution < -0.4 is 0 Å². The van der Waals surface area contributed by atoms with Crippen molar-refractivity contribution in [3.05, 3.63) is 71.7 Å². The highest BCUT2D eigenvalue weighted by atomic mass is 16.5. The van der Waals surface area contributed by atoms with Crippen LogP contribution in [0.15, 0.2) is 59.1 Å².